The molecular weight excluding hydrogens is 182 g/mol. The summed E-state index contributed by atoms with van der Waals surface area (Å²) in [7, 11) is 1.83. The fourth-order valence-electron chi connectivity index (χ4n) is 1.18. The first kappa shape index (κ1) is 11.1. The van der Waals surface area contributed by atoms with Gasteiger partial charge < -0.3 is 4.74 Å². The van der Waals surface area contributed by atoms with Crippen LogP contribution in [-0.4, -0.2) is 28.2 Å². The Morgan fingerprint density at radius 3 is 3.00 bits per heavy atom. The molecule has 0 aromatic carbocycles. The Balaban J connectivity index is 2.50. The predicted octanol–water partition coefficient (Wildman–Crippen LogP) is -0.254. The van der Waals surface area contributed by atoms with E-state index in [1.807, 2.05) is 7.05 Å². The van der Waals surface area contributed by atoms with Crippen molar-refractivity contribution in [3.63, 3.8) is 0 Å². The van der Waals surface area contributed by atoms with E-state index in [9.17, 15) is 0 Å². The molecule has 0 aliphatic rings. The Bertz CT molecular complexity index is 262. The fourth-order valence-corrected chi connectivity index (χ4v) is 1.18. The van der Waals surface area contributed by atoms with Crippen molar-refractivity contribution in [3.8, 4) is 0 Å². The molecule has 6 nitrogen and oxygen atoms in total. The van der Waals surface area contributed by atoms with Crippen molar-refractivity contribution in [2.45, 2.75) is 19.4 Å². The Morgan fingerprint density at radius 2 is 2.50 bits per heavy atom. The van der Waals surface area contributed by atoms with Gasteiger partial charge in [-0.25, -0.2) is 5.43 Å². The molecule has 0 radical (unpaired) electrons. The molecule has 80 valence electrons. The van der Waals surface area contributed by atoms with Gasteiger partial charge in [0.2, 0.25) is 0 Å². The molecule has 1 atom stereocenters. The molecule has 0 spiro atoms. The maximum Gasteiger partial charge on any atom is 0.0878 e. The van der Waals surface area contributed by atoms with Crippen molar-refractivity contribution in [1.29, 1.82) is 0 Å². The van der Waals surface area contributed by atoms with Gasteiger partial charge >= 0.3 is 0 Å². The van der Waals surface area contributed by atoms with Crippen LogP contribution < -0.4 is 11.3 Å². The van der Waals surface area contributed by atoms with Crippen LogP contribution in [0.1, 0.15) is 25.1 Å². The normalized spacial score (nSPS) is 13.1. The molecule has 14 heavy (non-hydrogen) atoms. The molecule has 3 N–H and O–H groups in total. The number of rotatable bonds is 6. The van der Waals surface area contributed by atoms with Gasteiger partial charge in [-0.2, -0.15) is 0 Å². The molecule has 0 amide bonds. The first-order valence-corrected chi connectivity index (χ1v) is 4.68. The number of ether oxygens (including phenoxy) is 1. The average Bonchev–Trinajstić information content (AvgIpc) is 2.60. The molecular formula is C8H17N5O. The van der Waals surface area contributed by atoms with Gasteiger partial charge in [-0.1, -0.05) is 12.1 Å². The van der Waals surface area contributed by atoms with Gasteiger partial charge in [0.05, 0.1) is 24.5 Å². The lowest BCUT2D eigenvalue weighted by Gasteiger charge is -2.15. The number of hydrogen-bond donors (Lipinski definition) is 2. The second-order valence-corrected chi connectivity index (χ2v) is 3.08. The molecule has 6 heteroatoms. The molecule has 1 rings (SSSR count). The van der Waals surface area contributed by atoms with E-state index in [-0.39, 0.29) is 6.04 Å². The molecule has 0 aliphatic carbocycles. The SMILES string of the molecule is CCCOCC(NN)c1cnnn1C. The third-order valence-electron chi connectivity index (χ3n) is 1.94. The van der Waals surface area contributed by atoms with Gasteiger partial charge in [0.1, 0.15) is 0 Å². The third kappa shape index (κ3) is 2.76. The summed E-state index contributed by atoms with van der Waals surface area (Å²) < 4.78 is 7.08. The fraction of sp³-hybridized carbons (Fsp3) is 0.750. The predicted molar refractivity (Wildman–Crippen MR) is 52.2 cm³/mol. The van der Waals surface area contributed by atoms with E-state index in [4.69, 9.17) is 10.6 Å². The second kappa shape index (κ2) is 5.69. The Morgan fingerprint density at radius 1 is 1.71 bits per heavy atom. The van der Waals surface area contributed by atoms with E-state index in [1.54, 1.807) is 10.9 Å². The lowest BCUT2D eigenvalue weighted by Crippen LogP contribution is -2.32. The summed E-state index contributed by atoms with van der Waals surface area (Å²) in [5.41, 5.74) is 3.60. The van der Waals surface area contributed by atoms with Crippen molar-refractivity contribution < 1.29 is 4.74 Å². The zero-order valence-corrected chi connectivity index (χ0v) is 8.60. The minimum Gasteiger partial charge on any atom is -0.379 e. The van der Waals surface area contributed by atoms with Crippen molar-refractivity contribution in [2.75, 3.05) is 13.2 Å². The molecule has 0 fully saturated rings. The van der Waals surface area contributed by atoms with Crippen LogP contribution in [0, 0.1) is 0 Å². The van der Waals surface area contributed by atoms with E-state index in [0.29, 0.717) is 6.61 Å². The zero-order valence-electron chi connectivity index (χ0n) is 8.60. The molecule has 0 saturated heterocycles. The van der Waals surface area contributed by atoms with Gasteiger partial charge in [0, 0.05) is 13.7 Å². The van der Waals surface area contributed by atoms with Gasteiger partial charge in [-0.05, 0) is 6.42 Å². The van der Waals surface area contributed by atoms with Gasteiger partial charge in [-0.3, -0.25) is 10.5 Å². The summed E-state index contributed by atoms with van der Waals surface area (Å²) in [6.45, 7) is 3.34. The van der Waals surface area contributed by atoms with Crippen LogP contribution in [0.5, 0.6) is 0 Å². The smallest absolute Gasteiger partial charge is 0.0878 e. The number of aryl methyl sites for hydroxylation is 1. The Kier molecular flexibility index (Phi) is 4.51. The van der Waals surface area contributed by atoms with Crippen molar-refractivity contribution >= 4 is 0 Å². The summed E-state index contributed by atoms with van der Waals surface area (Å²) in [6, 6.07) is -0.0541. The summed E-state index contributed by atoms with van der Waals surface area (Å²) in [4.78, 5) is 0. The van der Waals surface area contributed by atoms with Crippen LogP contribution in [0.4, 0.5) is 0 Å². The van der Waals surface area contributed by atoms with Gasteiger partial charge in [0.15, 0.2) is 0 Å². The summed E-state index contributed by atoms with van der Waals surface area (Å²) in [6.07, 6.45) is 2.68. The van der Waals surface area contributed by atoms with E-state index < -0.39 is 0 Å². The van der Waals surface area contributed by atoms with Gasteiger partial charge in [-0.15, -0.1) is 5.10 Å². The van der Waals surface area contributed by atoms with E-state index in [2.05, 4.69) is 22.7 Å². The lowest BCUT2D eigenvalue weighted by molar-refractivity contribution is 0.110. The highest BCUT2D eigenvalue weighted by Crippen LogP contribution is 2.09. The molecule has 1 aromatic rings. The highest BCUT2D eigenvalue weighted by Gasteiger charge is 2.13. The molecule has 1 heterocycles. The average molecular weight is 199 g/mol. The first-order chi connectivity index (χ1) is 6.79. The summed E-state index contributed by atoms with van der Waals surface area (Å²) in [5, 5.41) is 7.61. The molecule has 1 aromatic heterocycles. The second-order valence-electron chi connectivity index (χ2n) is 3.08. The van der Waals surface area contributed by atoms with Crippen LogP contribution >= 0.6 is 0 Å². The molecule has 1 unspecified atom stereocenters. The number of hydrazine groups is 1. The zero-order chi connectivity index (χ0) is 10.4. The number of hydrogen-bond acceptors (Lipinski definition) is 5. The van der Waals surface area contributed by atoms with Crippen molar-refractivity contribution in [2.24, 2.45) is 12.9 Å². The van der Waals surface area contributed by atoms with E-state index in [1.165, 1.54) is 0 Å². The summed E-state index contributed by atoms with van der Waals surface area (Å²) in [5.74, 6) is 5.42. The minimum absolute atomic E-state index is 0.0541. The highest BCUT2D eigenvalue weighted by molar-refractivity contribution is 5.01. The van der Waals surface area contributed by atoms with Gasteiger partial charge in [0.25, 0.3) is 0 Å². The molecule has 0 aliphatic heterocycles. The first-order valence-electron chi connectivity index (χ1n) is 4.68. The quantitative estimate of drug-likeness (QED) is 0.375. The minimum atomic E-state index is -0.0541. The molecule has 0 saturated carbocycles. The number of nitrogens with two attached hydrogens (primary N) is 1. The van der Waals surface area contributed by atoms with E-state index in [0.717, 1.165) is 18.7 Å². The standard InChI is InChI=1S/C8H17N5O/c1-3-4-14-6-7(11-9)8-5-10-12-13(8)2/h5,7,11H,3-4,6,9H2,1-2H3. The van der Waals surface area contributed by atoms with Crippen LogP contribution in [0.2, 0.25) is 0 Å². The Hall–Kier alpha value is -0.980. The van der Waals surface area contributed by atoms with Crippen molar-refractivity contribution in [3.05, 3.63) is 11.9 Å². The number of nitrogens with one attached hydrogen (secondary N) is 1. The maximum absolute atomic E-state index is 5.42. The van der Waals surface area contributed by atoms with Crippen LogP contribution in [0.3, 0.4) is 0 Å². The number of nitrogens with zero attached hydrogens (tertiary/aromatic N) is 3. The van der Waals surface area contributed by atoms with E-state index >= 15 is 0 Å². The van der Waals surface area contributed by atoms with Crippen LogP contribution in [0.15, 0.2) is 6.20 Å². The Labute approximate surface area is 83.4 Å². The van der Waals surface area contributed by atoms with Crippen molar-refractivity contribution in [1.82, 2.24) is 20.4 Å². The number of aromatic nitrogens is 3. The monoisotopic (exact) mass is 199 g/mol. The highest BCUT2D eigenvalue weighted by atomic mass is 16.5. The largest absolute Gasteiger partial charge is 0.379 e. The maximum atomic E-state index is 5.42. The van der Waals surface area contributed by atoms with Crippen LogP contribution in [0.25, 0.3) is 0 Å². The molecule has 0 bridgehead atoms. The van der Waals surface area contributed by atoms with Crippen LogP contribution in [-0.2, 0) is 11.8 Å². The lowest BCUT2D eigenvalue weighted by atomic mass is 10.2. The summed E-state index contributed by atoms with van der Waals surface area (Å²) >= 11 is 0. The third-order valence-corrected chi connectivity index (χ3v) is 1.94. The topological polar surface area (TPSA) is 78.0 Å².